The Balaban J connectivity index is 1.75. The zero-order chi connectivity index (χ0) is 12.6. The van der Waals surface area contributed by atoms with Gasteiger partial charge in [-0.25, -0.2) is 0 Å². The quantitative estimate of drug-likeness (QED) is 0.817. The van der Waals surface area contributed by atoms with E-state index < -0.39 is 0 Å². The number of rotatable bonds is 1. The maximum Gasteiger partial charge on any atom is 0.161 e. The molecule has 0 radical (unpaired) electrons. The van der Waals surface area contributed by atoms with Gasteiger partial charge >= 0.3 is 0 Å². The van der Waals surface area contributed by atoms with E-state index in [0.717, 1.165) is 21.1 Å². The van der Waals surface area contributed by atoms with E-state index >= 15 is 0 Å². The highest BCUT2D eigenvalue weighted by atomic mass is 79.9. The summed E-state index contributed by atoms with van der Waals surface area (Å²) in [5, 5.41) is 4.53. The number of nitrogens with zero attached hydrogens (tertiary/aromatic N) is 1. The molecular weight excluding hydrogens is 308 g/mol. The minimum absolute atomic E-state index is 0.259. The summed E-state index contributed by atoms with van der Waals surface area (Å²) in [5.41, 5.74) is 2.64. The van der Waals surface area contributed by atoms with Gasteiger partial charge in [0.1, 0.15) is 0 Å². The number of hydrogen-bond acceptors (Lipinski definition) is 3. The van der Waals surface area contributed by atoms with Crippen LogP contribution < -0.4 is 5.32 Å². The minimum Gasteiger partial charge on any atom is -0.335 e. The molecule has 0 saturated heterocycles. The summed E-state index contributed by atoms with van der Waals surface area (Å²) in [6.07, 6.45) is 5.21. The summed E-state index contributed by atoms with van der Waals surface area (Å²) < 4.78 is 1.15. The van der Waals surface area contributed by atoms with Crippen LogP contribution in [-0.4, -0.2) is 16.5 Å². The zero-order valence-corrected chi connectivity index (χ0v) is 12.9. The van der Waals surface area contributed by atoms with Gasteiger partial charge in [0, 0.05) is 15.9 Å². The van der Waals surface area contributed by atoms with Gasteiger partial charge in [-0.1, -0.05) is 46.6 Å². The molecule has 1 spiro atoms. The average Bonchev–Trinajstić information content (AvgIpc) is 2.96. The fraction of sp³-hybridized carbons (Fsp3) is 0.500. The fourth-order valence-corrected chi connectivity index (χ4v) is 4.22. The van der Waals surface area contributed by atoms with Crippen LogP contribution in [0.25, 0.3) is 0 Å². The topological polar surface area (TPSA) is 24.4 Å². The molecule has 2 nitrogen and oxygen atoms in total. The first-order valence-corrected chi connectivity index (χ1v) is 8.21. The first-order chi connectivity index (χ1) is 8.67. The number of halogens is 1. The van der Waals surface area contributed by atoms with Crippen molar-refractivity contribution in [3.63, 3.8) is 0 Å². The molecule has 1 aliphatic heterocycles. The molecule has 1 heterocycles. The first-order valence-electron chi connectivity index (χ1n) is 6.43. The smallest absolute Gasteiger partial charge is 0.161 e. The lowest BCUT2D eigenvalue weighted by atomic mass is 10.0. The van der Waals surface area contributed by atoms with Crippen LogP contribution >= 0.6 is 27.7 Å². The van der Waals surface area contributed by atoms with Crippen molar-refractivity contribution in [2.24, 2.45) is 4.99 Å². The van der Waals surface area contributed by atoms with Crippen molar-refractivity contribution in [2.45, 2.75) is 38.1 Å². The van der Waals surface area contributed by atoms with Crippen molar-refractivity contribution >= 4 is 38.5 Å². The summed E-state index contributed by atoms with van der Waals surface area (Å²) in [6.45, 7) is 2.10. The minimum atomic E-state index is 0.259. The van der Waals surface area contributed by atoms with E-state index in [1.54, 1.807) is 0 Å². The molecule has 0 bridgehead atoms. The van der Waals surface area contributed by atoms with E-state index in [-0.39, 0.29) is 5.54 Å². The lowest BCUT2D eigenvalue weighted by molar-refractivity contribution is 0.508. The monoisotopic (exact) mass is 324 g/mol. The summed E-state index contributed by atoms with van der Waals surface area (Å²) >= 11 is 5.44. The summed E-state index contributed by atoms with van der Waals surface area (Å²) in [4.78, 5) is 4.92. The van der Waals surface area contributed by atoms with Gasteiger partial charge in [-0.3, -0.25) is 4.99 Å². The van der Waals surface area contributed by atoms with Crippen LogP contribution in [0.4, 0.5) is 5.69 Å². The molecule has 1 N–H and O–H groups in total. The molecule has 1 aliphatic carbocycles. The molecule has 1 saturated carbocycles. The third kappa shape index (κ3) is 2.45. The number of nitrogens with one attached hydrogen (secondary N) is 1. The van der Waals surface area contributed by atoms with Gasteiger partial charge in [-0.05, 0) is 37.5 Å². The molecule has 3 rings (SSSR count). The van der Waals surface area contributed by atoms with E-state index in [1.165, 1.54) is 31.2 Å². The maximum atomic E-state index is 4.92. The number of thioether (sulfide) groups is 1. The van der Waals surface area contributed by atoms with E-state index in [0.29, 0.717) is 0 Å². The van der Waals surface area contributed by atoms with Crippen molar-refractivity contribution in [3.8, 4) is 0 Å². The van der Waals surface area contributed by atoms with Gasteiger partial charge in [-0.2, -0.15) is 0 Å². The van der Waals surface area contributed by atoms with Crippen LogP contribution in [0.1, 0.15) is 31.2 Å². The molecule has 96 valence electrons. The zero-order valence-electron chi connectivity index (χ0n) is 10.5. The average molecular weight is 325 g/mol. The first kappa shape index (κ1) is 12.5. The highest BCUT2D eigenvalue weighted by Gasteiger charge is 2.38. The predicted octanol–water partition coefficient (Wildman–Crippen LogP) is 4.59. The third-order valence-electron chi connectivity index (χ3n) is 3.77. The van der Waals surface area contributed by atoms with Gasteiger partial charge < -0.3 is 5.32 Å². The van der Waals surface area contributed by atoms with Crippen molar-refractivity contribution in [1.29, 1.82) is 0 Å². The van der Waals surface area contributed by atoms with Gasteiger partial charge in [0.15, 0.2) is 5.17 Å². The van der Waals surface area contributed by atoms with Gasteiger partial charge in [0.25, 0.3) is 0 Å². The van der Waals surface area contributed by atoms with Crippen LogP contribution in [0.5, 0.6) is 0 Å². The SMILES string of the molecule is Cc1ccc(NC2=NC3(CCCC3)CS2)cc1Br. The number of aryl methyl sites for hydroxylation is 1. The second-order valence-corrected chi connectivity index (χ2v) is 7.04. The van der Waals surface area contributed by atoms with Crippen molar-refractivity contribution in [1.82, 2.24) is 0 Å². The standard InChI is InChI=1S/C14H17BrN2S/c1-10-4-5-11(8-12(10)15)16-13-17-14(9-18-13)6-2-3-7-14/h4-5,8H,2-3,6-7,9H2,1H3,(H,16,17). The lowest BCUT2D eigenvalue weighted by Crippen LogP contribution is -2.21. The number of amidine groups is 1. The molecular formula is C14H17BrN2S. The Hall–Kier alpha value is -0.480. The van der Waals surface area contributed by atoms with Crippen molar-refractivity contribution in [2.75, 3.05) is 11.1 Å². The Morgan fingerprint density at radius 2 is 2.11 bits per heavy atom. The Kier molecular flexibility index (Phi) is 3.41. The summed E-state index contributed by atoms with van der Waals surface area (Å²) in [7, 11) is 0. The summed E-state index contributed by atoms with van der Waals surface area (Å²) in [5.74, 6) is 1.16. The van der Waals surface area contributed by atoms with Crippen LogP contribution in [0, 0.1) is 6.92 Å². The van der Waals surface area contributed by atoms with Crippen LogP contribution in [0.2, 0.25) is 0 Å². The maximum absolute atomic E-state index is 4.92. The molecule has 0 aromatic heterocycles. The summed E-state index contributed by atoms with van der Waals surface area (Å²) in [6, 6.07) is 6.36. The van der Waals surface area contributed by atoms with E-state index in [4.69, 9.17) is 4.99 Å². The molecule has 0 atom stereocenters. The predicted molar refractivity (Wildman–Crippen MR) is 83.6 cm³/mol. The van der Waals surface area contributed by atoms with E-state index in [2.05, 4.69) is 46.4 Å². The van der Waals surface area contributed by atoms with Crippen LogP contribution in [-0.2, 0) is 0 Å². The number of benzene rings is 1. The van der Waals surface area contributed by atoms with Crippen molar-refractivity contribution < 1.29 is 0 Å². The number of anilines is 1. The highest BCUT2D eigenvalue weighted by molar-refractivity contribution is 9.10. The second-order valence-electron chi connectivity index (χ2n) is 5.23. The molecule has 2 aliphatic rings. The Morgan fingerprint density at radius 3 is 2.83 bits per heavy atom. The molecule has 1 fully saturated rings. The Morgan fingerprint density at radius 1 is 1.33 bits per heavy atom. The normalized spacial score (nSPS) is 21.3. The van der Waals surface area contributed by atoms with E-state index in [9.17, 15) is 0 Å². The number of aliphatic imine (C=N–C) groups is 1. The van der Waals surface area contributed by atoms with E-state index in [1.807, 2.05) is 11.8 Å². The Labute approximate surface area is 121 Å². The van der Waals surface area contributed by atoms with Crippen LogP contribution in [0.3, 0.4) is 0 Å². The van der Waals surface area contributed by atoms with Gasteiger partial charge in [0.05, 0.1) is 5.54 Å². The molecule has 0 unspecified atom stereocenters. The van der Waals surface area contributed by atoms with Crippen molar-refractivity contribution in [3.05, 3.63) is 28.2 Å². The molecule has 1 aromatic rings. The molecule has 4 heteroatoms. The highest BCUT2D eigenvalue weighted by Crippen LogP contribution is 2.41. The number of hydrogen-bond donors (Lipinski definition) is 1. The molecule has 1 aromatic carbocycles. The molecule has 0 amide bonds. The Bertz CT molecular complexity index is 493. The fourth-order valence-electron chi connectivity index (χ4n) is 2.63. The second kappa shape index (κ2) is 4.89. The molecule has 18 heavy (non-hydrogen) atoms. The van der Waals surface area contributed by atoms with Gasteiger partial charge in [-0.15, -0.1) is 0 Å². The van der Waals surface area contributed by atoms with Crippen LogP contribution in [0.15, 0.2) is 27.7 Å². The van der Waals surface area contributed by atoms with Gasteiger partial charge in [0.2, 0.25) is 0 Å². The lowest BCUT2D eigenvalue weighted by Gasteiger charge is -2.16. The third-order valence-corrected chi connectivity index (χ3v) is 5.78. The largest absolute Gasteiger partial charge is 0.335 e.